The predicted molar refractivity (Wildman–Crippen MR) is 89.8 cm³/mol. The van der Waals surface area contributed by atoms with Gasteiger partial charge in [0.2, 0.25) is 0 Å². The molecule has 0 bridgehead atoms. The molecular weight excluding hydrogens is 299 g/mol. The van der Waals surface area contributed by atoms with Gasteiger partial charge in [0.15, 0.2) is 5.96 Å². The van der Waals surface area contributed by atoms with Crippen molar-refractivity contribution >= 4 is 17.3 Å². The van der Waals surface area contributed by atoms with E-state index in [2.05, 4.69) is 27.5 Å². The summed E-state index contributed by atoms with van der Waals surface area (Å²) in [4.78, 5) is 9.86. The summed E-state index contributed by atoms with van der Waals surface area (Å²) >= 11 is 1.75. The standard InChI is InChI=1S/C16H21FN4S/c1-3-14-11-20-15(22-14)7-8-19-16(18-2)21-10-12-5-4-6-13(17)9-12/h4-6,9,11H,3,7-8,10H2,1-2H3,(H2,18,19,21). The van der Waals surface area contributed by atoms with Gasteiger partial charge in [0, 0.05) is 37.6 Å². The molecule has 0 saturated carbocycles. The van der Waals surface area contributed by atoms with Crippen LogP contribution in [-0.2, 0) is 19.4 Å². The molecule has 4 nitrogen and oxygen atoms in total. The summed E-state index contributed by atoms with van der Waals surface area (Å²) in [6.07, 6.45) is 3.84. The van der Waals surface area contributed by atoms with Gasteiger partial charge < -0.3 is 10.6 Å². The van der Waals surface area contributed by atoms with Crippen LogP contribution in [0.2, 0.25) is 0 Å². The summed E-state index contributed by atoms with van der Waals surface area (Å²) in [6, 6.07) is 6.54. The lowest BCUT2D eigenvalue weighted by molar-refractivity contribution is 0.624. The van der Waals surface area contributed by atoms with Crippen LogP contribution >= 0.6 is 11.3 Å². The molecule has 0 spiro atoms. The van der Waals surface area contributed by atoms with E-state index in [-0.39, 0.29) is 5.82 Å². The molecule has 22 heavy (non-hydrogen) atoms. The summed E-state index contributed by atoms with van der Waals surface area (Å²) in [6.45, 7) is 3.43. The highest BCUT2D eigenvalue weighted by Crippen LogP contribution is 2.13. The van der Waals surface area contributed by atoms with Crippen molar-refractivity contribution in [2.45, 2.75) is 26.3 Å². The van der Waals surface area contributed by atoms with E-state index in [1.54, 1.807) is 24.5 Å². The number of hydrogen-bond acceptors (Lipinski definition) is 3. The first kappa shape index (κ1) is 16.4. The maximum Gasteiger partial charge on any atom is 0.191 e. The Morgan fingerprint density at radius 1 is 1.36 bits per heavy atom. The van der Waals surface area contributed by atoms with Crippen molar-refractivity contribution in [3.63, 3.8) is 0 Å². The number of rotatable bonds is 6. The minimum Gasteiger partial charge on any atom is -0.356 e. The minimum atomic E-state index is -0.224. The lowest BCUT2D eigenvalue weighted by Crippen LogP contribution is -2.37. The van der Waals surface area contributed by atoms with Crippen LogP contribution in [0.15, 0.2) is 35.5 Å². The second-order valence-electron chi connectivity index (χ2n) is 4.81. The fraction of sp³-hybridized carbons (Fsp3) is 0.375. The molecule has 2 N–H and O–H groups in total. The van der Waals surface area contributed by atoms with Crippen LogP contribution in [0.25, 0.3) is 0 Å². The van der Waals surface area contributed by atoms with Crippen molar-refractivity contribution in [1.29, 1.82) is 0 Å². The normalized spacial score (nSPS) is 11.5. The maximum atomic E-state index is 13.1. The van der Waals surface area contributed by atoms with Gasteiger partial charge in [0.05, 0.1) is 5.01 Å². The topological polar surface area (TPSA) is 49.3 Å². The van der Waals surface area contributed by atoms with Crippen LogP contribution in [0.5, 0.6) is 0 Å². The van der Waals surface area contributed by atoms with Crippen molar-refractivity contribution in [1.82, 2.24) is 15.6 Å². The SMILES string of the molecule is CCc1cnc(CCNC(=NC)NCc2cccc(F)c2)s1. The van der Waals surface area contributed by atoms with E-state index >= 15 is 0 Å². The number of halogens is 1. The van der Waals surface area contributed by atoms with Gasteiger partial charge in [-0.3, -0.25) is 4.99 Å². The number of aliphatic imine (C=N–C) groups is 1. The predicted octanol–water partition coefficient (Wildman–Crippen LogP) is 2.75. The van der Waals surface area contributed by atoms with Gasteiger partial charge in [-0.2, -0.15) is 0 Å². The number of aromatic nitrogens is 1. The van der Waals surface area contributed by atoms with E-state index in [1.807, 2.05) is 12.3 Å². The fourth-order valence-corrected chi connectivity index (χ4v) is 2.83. The Hall–Kier alpha value is -1.95. The molecule has 0 aliphatic heterocycles. The largest absolute Gasteiger partial charge is 0.356 e. The molecule has 0 unspecified atom stereocenters. The first-order chi connectivity index (χ1) is 10.7. The highest BCUT2D eigenvalue weighted by atomic mass is 32.1. The van der Waals surface area contributed by atoms with Crippen molar-refractivity contribution in [2.75, 3.05) is 13.6 Å². The third kappa shape index (κ3) is 5.11. The zero-order valence-corrected chi connectivity index (χ0v) is 13.7. The Morgan fingerprint density at radius 2 is 2.23 bits per heavy atom. The molecule has 1 aromatic heterocycles. The number of thiazole rings is 1. The van der Waals surface area contributed by atoms with Crippen molar-refractivity contribution < 1.29 is 4.39 Å². The molecular formula is C16H21FN4S. The third-order valence-corrected chi connectivity index (χ3v) is 4.36. The van der Waals surface area contributed by atoms with E-state index in [1.165, 1.54) is 17.0 Å². The molecule has 1 heterocycles. The zero-order chi connectivity index (χ0) is 15.8. The van der Waals surface area contributed by atoms with E-state index < -0.39 is 0 Å². The molecule has 0 aliphatic rings. The Labute approximate surface area is 134 Å². The van der Waals surface area contributed by atoms with Gasteiger partial charge in [-0.1, -0.05) is 19.1 Å². The third-order valence-electron chi connectivity index (χ3n) is 3.15. The second-order valence-corrected chi connectivity index (χ2v) is 6.01. The zero-order valence-electron chi connectivity index (χ0n) is 12.9. The van der Waals surface area contributed by atoms with Gasteiger partial charge in [-0.15, -0.1) is 11.3 Å². The van der Waals surface area contributed by atoms with Crippen molar-refractivity contribution in [3.8, 4) is 0 Å². The number of guanidine groups is 1. The average Bonchev–Trinajstić information content (AvgIpc) is 2.98. The smallest absolute Gasteiger partial charge is 0.191 e. The molecule has 6 heteroatoms. The maximum absolute atomic E-state index is 13.1. The van der Waals surface area contributed by atoms with Crippen LogP contribution in [0.1, 0.15) is 22.4 Å². The van der Waals surface area contributed by atoms with E-state index in [0.717, 1.165) is 30.0 Å². The fourth-order valence-electron chi connectivity index (χ4n) is 1.97. The molecule has 0 fully saturated rings. The van der Waals surface area contributed by atoms with Crippen LogP contribution in [0.3, 0.4) is 0 Å². The number of aryl methyl sites for hydroxylation is 1. The molecule has 2 rings (SSSR count). The summed E-state index contributed by atoms with van der Waals surface area (Å²) in [7, 11) is 1.72. The minimum absolute atomic E-state index is 0.224. The Morgan fingerprint density at radius 3 is 2.91 bits per heavy atom. The molecule has 2 aromatic rings. The second kappa shape index (κ2) is 8.48. The molecule has 0 atom stereocenters. The van der Waals surface area contributed by atoms with Gasteiger partial charge in [0.25, 0.3) is 0 Å². The van der Waals surface area contributed by atoms with Gasteiger partial charge in [-0.25, -0.2) is 9.37 Å². The van der Waals surface area contributed by atoms with Crippen LogP contribution < -0.4 is 10.6 Å². The van der Waals surface area contributed by atoms with Crippen molar-refractivity contribution in [2.24, 2.45) is 4.99 Å². The highest BCUT2D eigenvalue weighted by Gasteiger charge is 2.02. The molecule has 118 valence electrons. The Bertz CT molecular complexity index is 624. The summed E-state index contributed by atoms with van der Waals surface area (Å²) in [5.74, 6) is 0.481. The first-order valence-electron chi connectivity index (χ1n) is 7.33. The number of benzene rings is 1. The number of nitrogens with one attached hydrogen (secondary N) is 2. The van der Waals surface area contributed by atoms with E-state index in [9.17, 15) is 4.39 Å². The summed E-state index contributed by atoms with van der Waals surface area (Å²) in [5, 5.41) is 7.54. The Balaban J connectivity index is 1.75. The monoisotopic (exact) mass is 320 g/mol. The molecule has 0 saturated heterocycles. The first-order valence-corrected chi connectivity index (χ1v) is 8.15. The summed E-state index contributed by atoms with van der Waals surface area (Å²) < 4.78 is 13.1. The van der Waals surface area contributed by atoms with Crippen LogP contribution in [-0.4, -0.2) is 24.5 Å². The number of nitrogens with zero attached hydrogens (tertiary/aromatic N) is 2. The number of hydrogen-bond donors (Lipinski definition) is 2. The molecule has 0 amide bonds. The lowest BCUT2D eigenvalue weighted by atomic mass is 10.2. The van der Waals surface area contributed by atoms with Gasteiger partial charge in [-0.05, 0) is 24.1 Å². The van der Waals surface area contributed by atoms with Crippen LogP contribution in [0, 0.1) is 5.82 Å². The quantitative estimate of drug-likeness (QED) is 0.635. The molecule has 0 aliphatic carbocycles. The van der Waals surface area contributed by atoms with Crippen molar-refractivity contribution in [3.05, 3.63) is 51.7 Å². The Kier molecular flexibility index (Phi) is 6.33. The van der Waals surface area contributed by atoms with Crippen LogP contribution in [0.4, 0.5) is 4.39 Å². The highest BCUT2D eigenvalue weighted by molar-refractivity contribution is 7.11. The van der Waals surface area contributed by atoms with Gasteiger partial charge >= 0.3 is 0 Å². The molecule has 0 radical (unpaired) electrons. The van der Waals surface area contributed by atoms with E-state index in [4.69, 9.17) is 0 Å². The summed E-state index contributed by atoms with van der Waals surface area (Å²) in [5.41, 5.74) is 0.885. The van der Waals surface area contributed by atoms with E-state index in [0.29, 0.717) is 12.5 Å². The average molecular weight is 320 g/mol. The lowest BCUT2D eigenvalue weighted by Gasteiger charge is -2.11. The molecule has 1 aromatic carbocycles. The van der Waals surface area contributed by atoms with Gasteiger partial charge in [0.1, 0.15) is 5.82 Å².